The molecule has 0 unspecified atom stereocenters. The summed E-state index contributed by atoms with van der Waals surface area (Å²) in [5.74, 6) is 0. The minimum Gasteiger partial charge on any atom is -0.320 e. The minimum atomic E-state index is 1.19. The number of nitrogens with one attached hydrogen (secondary N) is 1. The molecule has 2 heteroatoms. The van der Waals surface area contributed by atoms with Crippen LogP contribution in [0.2, 0.25) is 12.6 Å². The fraction of sp³-hybridized carbons (Fsp3) is 1.00. The lowest BCUT2D eigenvalue weighted by atomic mass is 9.68. The molecular formula is C9H22BN. The fourth-order valence-electron chi connectivity index (χ4n) is 1.26. The van der Waals surface area contributed by atoms with E-state index < -0.39 is 0 Å². The standard InChI is InChI=1S/C9H22BN/c1-3-4-7-10-8-5-6-9-11-2/h10-11H,3-9H2,1-2H3. The Kier molecular flexibility index (Phi) is 10.0. The maximum atomic E-state index is 3.17. The van der Waals surface area contributed by atoms with Gasteiger partial charge in [0.1, 0.15) is 7.28 Å². The van der Waals surface area contributed by atoms with E-state index in [2.05, 4.69) is 12.2 Å². The van der Waals surface area contributed by atoms with E-state index in [1.54, 1.807) is 0 Å². The molecule has 0 saturated carbocycles. The molecule has 0 rings (SSSR count). The Morgan fingerprint density at radius 2 is 1.82 bits per heavy atom. The van der Waals surface area contributed by atoms with E-state index in [0.717, 1.165) is 0 Å². The van der Waals surface area contributed by atoms with Gasteiger partial charge in [-0.05, 0) is 20.0 Å². The van der Waals surface area contributed by atoms with Gasteiger partial charge in [0.25, 0.3) is 0 Å². The van der Waals surface area contributed by atoms with Crippen LogP contribution in [0.5, 0.6) is 0 Å². The third kappa shape index (κ3) is 10.0. The highest BCUT2D eigenvalue weighted by atomic mass is 14.8. The van der Waals surface area contributed by atoms with E-state index in [4.69, 9.17) is 0 Å². The molecule has 0 spiro atoms. The molecular weight excluding hydrogens is 133 g/mol. The Morgan fingerprint density at radius 1 is 1.09 bits per heavy atom. The Balaban J connectivity index is 2.69. The van der Waals surface area contributed by atoms with Gasteiger partial charge in [-0.3, -0.25) is 0 Å². The first kappa shape index (κ1) is 11.0. The van der Waals surface area contributed by atoms with Crippen LogP contribution >= 0.6 is 0 Å². The SMILES string of the molecule is CCCCBCCCCNC. The highest BCUT2D eigenvalue weighted by Crippen LogP contribution is 2.00. The molecule has 0 saturated heterocycles. The van der Waals surface area contributed by atoms with Crippen LogP contribution in [0.1, 0.15) is 32.6 Å². The molecule has 0 heterocycles. The maximum absolute atomic E-state index is 3.17. The van der Waals surface area contributed by atoms with E-state index in [1.165, 1.54) is 52.1 Å². The van der Waals surface area contributed by atoms with Crippen molar-refractivity contribution in [2.75, 3.05) is 13.6 Å². The molecule has 1 N–H and O–H groups in total. The largest absolute Gasteiger partial charge is 0.320 e. The van der Waals surface area contributed by atoms with Crippen molar-refractivity contribution in [2.45, 2.75) is 45.2 Å². The van der Waals surface area contributed by atoms with Crippen molar-refractivity contribution >= 4 is 7.28 Å². The number of hydrogen-bond donors (Lipinski definition) is 1. The van der Waals surface area contributed by atoms with Gasteiger partial charge < -0.3 is 5.32 Å². The van der Waals surface area contributed by atoms with Crippen LogP contribution < -0.4 is 5.32 Å². The molecule has 0 amide bonds. The zero-order valence-electron chi connectivity index (χ0n) is 8.16. The third-order valence-corrected chi connectivity index (χ3v) is 2.03. The Morgan fingerprint density at radius 3 is 2.45 bits per heavy atom. The van der Waals surface area contributed by atoms with Crippen molar-refractivity contribution in [3.63, 3.8) is 0 Å². The van der Waals surface area contributed by atoms with E-state index in [0.29, 0.717) is 0 Å². The summed E-state index contributed by atoms with van der Waals surface area (Å²) in [4.78, 5) is 0. The number of unbranched alkanes of at least 4 members (excludes halogenated alkanes) is 2. The van der Waals surface area contributed by atoms with E-state index in [9.17, 15) is 0 Å². The zero-order valence-corrected chi connectivity index (χ0v) is 8.16. The topological polar surface area (TPSA) is 12.0 Å². The van der Waals surface area contributed by atoms with Gasteiger partial charge >= 0.3 is 0 Å². The lowest BCUT2D eigenvalue weighted by Gasteiger charge is -1.98. The average Bonchev–Trinajstić information content (AvgIpc) is 2.03. The van der Waals surface area contributed by atoms with Crippen LogP contribution in [-0.4, -0.2) is 20.9 Å². The van der Waals surface area contributed by atoms with Gasteiger partial charge in [0.05, 0.1) is 0 Å². The molecule has 0 aromatic rings. The quantitative estimate of drug-likeness (QED) is 0.418. The van der Waals surface area contributed by atoms with Gasteiger partial charge in [0.15, 0.2) is 0 Å². The van der Waals surface area contributed by atoms with Crippen molar-refractivity contribution < 1.29 is 0 Å². The van der Waals surface area contributed by atoms with Gasteiger partial charge in [-0.25, -0.2) is 0 Å². The van der Waals surface area contributed by atoms with E-state index >= 15 is 0 Å². The predicted molar refractivity (Wildman–Crippen MR) is 54.8 cm³/mol. The Labute approximate surface area is 72.2 Å². The minimum absolute atomic E-state index is 1.19. The first-order valence-electron chi connectivity index (χ1n) is 5.06. The number of rotatable bonds is 8. The molecule has 0 aromatic heterocycles. The summed E-state index contributed by atoms with van der Waals surface area (Å²) in [5, 5.41) is 3.17. The van der Waals surface area contributed by atoms with Crippen molar-refractivity contribution in [3.8, 4) is 0 Å². The first-order chi connectivity index (χ1) is 5.41. The molecule has 0 bridgehead atoms. The van der Waals surface area contributed by atoms with Gasteiger partial charge in [-0.1, -0.05) is 38.8 Å². The van der Waals surface area contributed by atoms with Gasteiger partial charge in [0.2, 0.25) is 0 Å². The lowest BCUT2D eigenvalue weighted by Crippen LogP contribution is -2.07. The van der Waals surface area contributed by atoms with Crippen LogP contribution in [-0.2, 0) is 0 Å². The van der Waals surface area contributed by atoms with Crippen molar-refractivity contribution in [1.29, 1.82) is 0 Å². The molecule has 0 atom stereocenters. The molecule has 0 fully saturated rings. The molecule has 1 nitrogen and oxygen atoms in total. The molecule has 0 aliphatic heterocycles. The lowest BCUT2D eigenvalue weighted by molar-refractivity contribution is 0.708. The second-order valence-electron chi connectivity index (χ2n) is 3.22. The van der Waals surface area contributed by atoms with Crippen molar-refractivity contribution in [1.82, 2.24) is 5.32 Å². The van der Waals surface area contributed by atoms with Crippen LogP contribution in [0.15, 0.2) is 0 Å². The number of hydrogen-bond acceptors (Lipinski definition) is 1. The summed E-state index contributed by atoms with van der Waals surface area (Å²) in [5.41, 5.74) is 0. The second kappa shape index (κ2) is 10.0. The molecule has 0 aliphatic rings. The second-order valence-corrected chi connectivity index (χ2v) is 3.22. The predicted octanol–water partition coefficient (Wildman–Crippen LogP) is 2.06. The summed E-state index contributed by atoms with van der Waals surface area (Å²) in [6.07, 6.45) is 8.41. The van der Waals surface area contributed by atoms with Gasteiger partial charge in [-0.15, -0.1) is 0 Å². The average molecular weight is 155 g/mol. The maximum Gasteiger partial charge on any atom is 0.120 e. The molecule has 0 aromatic carbocycles. The molecule has 66 valence electrons. The van der Waals surface area contributed by atoms with E-state index in [1.807, 2.05) is 7.05 Å². The fourth-order valence-corrected chi connectivity index (χ4v) is 1.26. The summed E-state index contributed by atoms with van der Waals surface area (Å²) in [6, 6.07) is 0. The van der Waals surface area contributed by atoms with Crippen LogP contribution in [0.3, 0.4) is 0 Å². The van der Waals surface area contributed by atoms with Crippen LogP contribution in [0.25, 0.3) is 0 Å². The molecule has 11 heavy (non-hydrogen) atoms. The van der Waals surface area contributed by atoms with Crippen LogP contribution in [0, 0.1) is 0 Å². The first-order valence-corrected chi connectivity index (χ1v) is 5.06. The van der Waals surface area contributed by atoms with Gasteiger partial charge in [-0.2, -0.15) is 0 Å². The zero-order chi connectivity index (χ0) is 8.36. The van der Waals surface area contributed by atoms with Crippen molar-refractivity contribution in [3.05, 3.63) is 0 Å². The van der Waals surface area contributed by atoms with Crippen molar-refractivity contribution in [2.24, 2.45) is 0 Å². The molecule has 0 aliphatic carbocycles. The Bertz CT molecular complexity index is 58.6. The summed E-state index contributed by atoms with van der Waals surface area (Å²) in [6.45, 7) is 3.45. The van der Waals surface area contributed by atoms with Crippen LogP contribution in [0.4, 0.5) is 0 Å². The molecule has 0 radical (unpaired) electrons. The van der Waals surface area contributed by atoms with E-state index in [-0.39, 0.29) is 0 Å². The highest BCUT2D eigenvalue weighted by Gasteiger charge is 1.90. The summed E-state index contributed by atoms with van der Waals surface area (Å²) >= 11 is 0. The summed E-state index contributed by atoms with van der Waals surface area (Å²) < 4.78 is 0. The third-order valence-electron chi connectivity index (χ3n) is 2.03. The normalized spacial score (nSPS) is 10.0. The Hall–Kier alpha value is 0.0249. The van der Waals surface area contributed by atoms with Gasteiger partial charge in [0, 0.05) is 0 Å². The monoisotopic (exact) mass is 155 g/mol. The highest BCUT2D eigenvalue weighted by molar-refractivity contribution is 6.35. The summed E-state index contributed by atoms with van der Waals surface area (Å²) in [7, 11) is 3.47. The smallest absolute Gasteiger partial charge is 0.120 e.